The second-order valence-corrected chi connectivity index (χ2v) is 7.86. The van der Waals surface area contributed by atoms with Crippen LogP contribution in [0.1, 0.15) is 6.42 Å². The number of guanidine groups is 1. The van der Waals surface area contributed by atoms with Gasteiger partial charge in [-0.05, 0) is 24.6 Å². The van der Waals surface area contributed by atoms with Gasteiger partial charge in [0.25, 0.3) is 5.69 Å². The number of ether oxygens (including phenoxy) is 1. The highest BCUT2D eigenvalue weighted by Crippen LogP contribution is 2.16. The Hall–Kier alpha value is -3.18. The molecule has 0 aliphatic heterocycles. The van der Waals surface area contributed by atoms with Gasteiger partial charge < -0.3 is 15.4 Å². The standard InChI is InChI=1S/C19H25N5O5S/c1-20-19(21-11-6-14-29-17-8-3-2-4-9-17)22-12-13-23-30(27,28)18-10-5-7-16(15-18)24(25)26/h2-5,7-10,15,23H,6,11-14H2,1H3,(H2,20,21,22). The molecule has 10 nitrogen and oxygen atoms in total. The normalized spacial score (nSPS) is 11.7. The lowest BCUT2D eigenvalue weighted by atomic mass is 10.3. The predicted octanol–water partition coefficient (Wildman–Crippen LogP) is 1.51. The van der Waals surface area contributed by atoms with Crippen LogP contribution in [0, 0.1) is 10.1 Å². The van der Waals surface area contributed by atoms with Gasteiger partial charge in [-0.3, -0.25) is 15.1 Å². The summed E-state index contributed by atoms with van der Waals surface area (Å²) in [6, 6.07) is 14.4. The number of nitro benzene ring substituents is 1. The number of hydrogen-bond acceptors (Lipinski definition) is 6. The zero-order chi connectivity index (χ0) is 21.8. The molecule has 0 aliphatic rings. The van der Waals surface area contributed by atoms with Gasteiger partial charge in [0.05, 0.1) is 16.4 Å². The van der Waals surface area contributed by atoms with Gasteiger partial charge in [0.15, 0.2) is 5.96 Å². The van der Waals surface area contributed by atoms with Crippen molar-refractivity contribution >= 4 is 21.7 Å². The Kier molecular flexibility index (Phi) is 9.03. The summed E-state index contributed by atoms with van der Waals surface area (Å²) in [7, 11) is -2.23. The molecule has 0 unspecified atom stereocenters. The first-order chi connectivity index (χ1) is 14.4. The Balaban J connectivity index is 1.68. The largest absolute Gasteiger partial charge is 0.494 e. The van der Waals surface area contributed by atoms with Crippen molar-refractivity contribution < 1.29 is 18.1 Å². The summed E-state index contributed by atoms with van der Waals surface area (Å²) in [4.78, 5) is 14.1. The van der Waals surface area contributed by atoms with Gasteiger partial charge in [0.1, 0.15) is 5.75 Å². The number of nitro groups is 1. The van der Waals surface area contributed by atoms with Crippen LogP contribution in [0.5, 0.6) is 5.75 Å². The first kappa shape index (κ1) is 23.1. The van der Waals surface area contributed by atoms with E-state index < -0.39 is 14.9 Å². The van der Waals surface area contributed by atoms with Gasteiger partial charge in [0.2, 0.25) is 10.0 Å². The summed E-state index contributed by atoms with van der Waals surface area (Å²) in [6.07, 6.45) is 0.759. The lowest BCUT2D eigenvalue weighted by Gasteiger charge is -2.13. The van der Waals surface area contributed by atoms with Gasteiger partial charge in [-0.2, -0.15) is 0 Å². The smallest absolute Gasteiger partial charge is 0.270 e. The molecule has 0 aliphatic carbocycles. The van der Waals surface area contributed by atoms with Crippen LogP contribution in [0.3, 0.4) is 0 Å². The quantitative estimate of drug-likeness (QED) is 0.160. The number of para-hydroxylation sites is 1. The molecule has 0 fully saturated rings. The molecule has 3 N–H and O–H groups in total. The van der Waals surface area contributed by atoms with Crippen LogP contribution in [-0.4, -0.2) is 52.6 Å². The summed E-state index contributed by atoms with van der Waals surface area (Å²) in [5, 5.41) is 16.9. The lowest BCUT2D eigenvalue weighted by molar-refractivity contribution is -0.385. The molecule has 0 saturated carbocycles. The van der Waals surface area contributed by atoms with Crippen molar-refractivity contribution in [1.29, 1.82) is 0 Å². The molecule has 30 heavy (non-hydrogen) atoms. The highest BCUT2D eigenvalue weighted by molar-refractivity contribution is 7.89. The number of aliphatic imine (C=N–C) groups is 1. The van der Waals surface area contributed by atoms with E-state index in [1.54, 1.807) is 7.05 Å². The molecule has 0 saturated heterocycles. The first-order valence-electron chi connectivity index (χ1n) is 9.29. The molecule has 0 atom stereocenters. The Morgan fingerprint density at radius 2 is 1.80 bits per heavy atom. The van der Waals surface area contributed by atoms with Gasteiger partial charge in [0, 0.05) is 38.8 Å². The minimum atomic E-state index is -3.84. The van der Waals surface area contributed by atoms with E-state index >= 15 is 0 Å². The summed E-state index contributed by atoms with van der Waals surface area (Å²) in [5.41, 5.74) is -0.281. The number of nitrogens with one attached hydrogen (secondary N) is 3. The molecule has 2 aromatic carbocycles. The zero-order valence-corrected chi connectivity index (χ0v) is 17.4. The fraction of sp³-hybridized carbons (Fsp3) is 0.316. The summed E-state index contributed by atoms with van der Waals surface area (Å²) >= 11 is 0. The minimum absolute atomic E-state index is 0.0862. The third-order valence-electron chi connectivity index (χ3n) is 3.90. The maximum atomic E-state index is 12.3. The van der Waals surface area contributed by atoms with E-state index in [4.69, 9.17) is 4.74 Å². The highest BCUT2D eigenvalue weighted by Gasteiger charge is 2.17. The summed E-state index contributed by atoms with van der Waals surface area (Å²) in [5.74, 6) is 1.35. The number of hydrogen-bond donors (Lipinski definition) is 3. The summed E-state index contributed by atoms with van der Waals surface area (Å²) < 4.78 is 32.5. The van der Waals surface area contributed by atoms with Crippen LogP contribution in [0.15, 0.2) is 64.5 Å². The van der Waals surface area contributed by atoms with E-state index in [0.29, 0.717) is 19.1 Å². The molecule has 2 aromatic rings. The van der Waals surface area contributed by atoms with Crippen molar-refractivity contribution in [1.82, 2.24) is 15.4 Å². The second-order valence-electron chi connectivity index (χ2n) is 6.09. The molecule has 0 bridgehead atoms. The number of benzene rings is 2. The Labute approximate surface area is 175 Å². The third kappa shape index (κ3) is 7.68. The van der Waals surface area contributed by atoms with E-state index in [0.717, 1.165) is 18.2 Å². The van der Waals surface area contributed by atoms with E-state index in [9.17, 15) is 18.5 Å². The van der Waals surface area contributed by atoms with E-state index in [2.05, 4.69) is 20.3 Å². The van der Waals surface area contributed by atoms with E-state index in [1.165, 1.54) is 18.2 Å². The highest BCUT2D eigenvalue weighted by atomic mass is 32.2. The van der Waals surface area contributed by atoms with Gasteiger partial charge in [-0.25, -0.2) is 13.1 Å². The zero-order valence-electron chi connectivity index (χ0n) is 16.6. The molecule has 0 heterocycles. The van der Waals surface area contributed by atoms with Crippen molar-refractivity contribution in [3.8, 4) is 5.75 Å². The minimum Gasteiger partial charge on any atom is -0.494 e. The van der Waals surface area contributed by atoms with E-state index in [-0.39, 0.29) is 23.7 Å². The molecule has 0 amide bonds. The molecule has 0 spiro atoms. The van der Waals surface area contributed by atoms with Gasteiger partial charge in [-0.1, -0.05) is 24.3 Å². The van der Waals surface area contributed by atoms with Crippen LogP contribution in [-0.2, 0) is 10.0 Å². The monoisotopic (exact) mass is 435 g/mol. The fourth-order valence-electron chi connectivity index (χ4n) is 2.42. The third-order valence-corrected chi connectivity index (χ3v) is 5.36. The second kappa shape index (κ2) is 11.7. The fourth-order valence-corrected chi connectivity index (χ4v) is 3.49. The molecule has 162 valence electrons. The van der Waals surface area contributed by atoms with Crippen molar-refractivity contribution in [2.75, 3.05) is 33.3 Å². The SMILES string of the molecule is CN=C(NCCCOc1ccccc1)NCCNS(=O)(=O)c1cccc([N+](=O)[O-])c1. The van der Waals surface area contributed by atoms with Crippen LogP contribution in [0.2, 0.25) is 0 Å². The molecular formula is C19H25N5O5S. The Morgan fingerprint density at radius 1 is 1.07 bits per heavy atom. The van der Waals surface area contributed by atoms with Crippen molar-refractivity contribution in [3.63, 3.8) is 0 Å². The Morgan fingerprint density at radius 3 is 2.50 bits per heavy atom. The summed E-state index contributed by atoms with van der Waals surface area (Å²) in [6.45, 7) is 1.56. The van der Waals surface area contributed by atoms with Gasteiger partial charge >= 0.3 is 0 Å². The van der Waals surface area contributed by atoms with Crippen LogP contribution < -0.4 is 20.1 Å². The van der Waals surface area contributed by atoms with Crippen LogP contribution >= 0.6 is 0 Å². The number of nitrogens with zero attached hydrogens (tertiary/aromatic N) is 2. The van der Waals surface area contributed by atoms with Crippen molar-refractivity contribution in [2.24, 2.45) is 4.99 Å². The maximum Gasteiger partial charge on any atom is 0.270 e. The maximum absolute atomic E-state index is 12.3. The van der Waals surface area contributed by atoms with Crippen LogP contribution in [0.25, 0.3) is 0 Å². The number of sulfonamides is 1. The molecule has 0 aromatic heterocycles. The molecule has 2 rings (SSSR count). The van der Waals surface area contributed by atoms with Crippen LogP contribution in [0.4, 0.5) is 5.69 Å². The molecule has 0 radical (unpaired) electrons. The average molecular weight is 436 g/mol. The van der Waals surface area contributed by atoms with E-state index in [1.807, 2.05) is 30.3 Å². The molecular weight excluding hydrogens is 410 g/mol. The van der Waals surface area contributed by atoms with Crippen molar-refractivity contribution in [3.05, 3.63) is 64.7 Å². The molecule has 11 heteroatoms. The average Bonchev–Trinajstić information content (AvgIpc) is 2.75. The first-order valence-corrected chi connectivity index (χ1v) is 10.8. The van der Waals surface area contributed by atoms with Crippen molar-refractivity contribution in [2.45, 2.75) is 11.3 Å². The number of non-ortho nitro benzene ring substituents is 1. The van der Waals surface area contributed by atoms with Gasteiger partial charge in [-0.15, -0.1) is 0 Å². The predicted molar refractivity (Wildman–Crippen MR) is 114 cm³/mol. The number of rotatable bonds is 11. The Bertz CT molecular complexity index is 951. The topological polar surface area (TPSA) is 135 Å². The lowest BCUT2D eigenvalue weighted by Crippen LogP contribution is -2.42.